The van der Waals surface area contributed by atoms with E-state index in [0.29, 0.717) is 18.6 Å². The smallest absolute Gasteiger partial charge is 0.333 e. The topological polar surface area (TPSA) is 46.6 Å². The molecule has 0 aromatic rings. The molecule has 1 saturated heterocycles. The van der Waals surface area contributed by atoms with Crippen molar-refractivity contribution in [2.45, 2.75) is 26.7 Å². The summed E-state index contributed by atoms with van der Waals surface area (Å²) >= 11 is 0. The van der Waals surface area contributed by atoms with Crippen LogP contribution in [0.25, 0.3) is 0 Å². The van der Waals surface area contributed by atoms with Crippen LogP contribution in [0.4, 0.5) is 0 Å². The highest BCUT2D eigenvalue weighted by atomic mass is 16.5. The molecule has 0 aliphatic carbocycles. The lowest BCUT2D eigenvalue weighted by atomic mass is 10.1. The van der Waals surface area contributed by atoms with Gasteiger partial charge in [0.25, 0.3) is 0 Å². The molecule has 0 aromatic heterocycles. The summed E-state index contributed by atoms with van der Waals surface area (Å²) in [6.07, 6.45) is 4.66. The van der Waals surface area contributed by atoms with Crippen molar-refractivity contribution in [1.29, 1.82) is 0 Å². The molecular formula is C13H19NO3. The molecule has 1 fully saturated rings. The summed E-state index contributed by atoms with van der Waals surface area (Å²) in [5.41, 5.74) is 0.593. The number of allylic oxidation sites excluding steroid dienone is 1. The number of likely N-dealkylation sites (tertiary alicyclic amines) is 1. The maximum absolute atomic E-state index is 11.7. The number of nitrogens with zero attached hydrogens (tertiary/aromatic N) is 1. The van der Waals surface area contributed by atoms with Gasteiger partial charge in [-0.3, -0.25) is 4.79 Å². The summed E-state index contributed by atoms with van der Waals surface area (Å²) in [6.45, 7) is 8.10. The van der Waals surface area contributed by atoms with Crippen molar-refractivity contribution in [3.63, 3.8) is 0 Å². The van der Waals surface area contributed by atoms with Crippen molar-refractivity contribution >= 4 is 11.9 Å². The first-order valence-corrected chi connectivity index (χ1v) is 5.83. The third kappa shape index (κ3) is 3.44. The zero-order valence-electron chi connectivity index (χ0n) is 10.4. The van der Waals surface area contributed by atoms with Crippen LogP contribution in [0.15, 0.2) is 24.4 Å². The molecule has 1 amide bonds. The van der Waals surface area contributed by atoms with E-state index in [4.69, 9.17) is 4.74 Å². The van der Waals surface area contributed by atoms with Crippen LogP contribution >= 0.6 is 0 Å². The summed E-state index contributed by atoms with van der Waals surface area (Å²) in [4.78, 5) is 24.7. The van der Waals surface area contributed by atoms with Crippen molar-refractivity contribution in [1.82, 2.24) is 4.90 Å². The Labute approximate surface area is 102 Å². The van der Waals surface area contributed by atoms with E-state index in [1.165, 1.54) is 0 Å². The predicted molar refractivity (Wildman–Crippen MR) is 65.0 cm³/mol. The molecule has 1 aliphatic rings. The van der Waals surface area contributed by atoms with E-state index in [1.54, 1.807) is 31.0 Å². The average Bonchev–Trinajstić information content (AvgIpc) is 2.69. The van der Waals surface area contributed by atoms with Gasteiger partial charge in [0.2, 0.25) is 5.91 Å². The largest absolute Gasteiger partial charge is 0.462 e. The van der Waals surface area contributed by atoms with Crippen LogP contribution in [0.3, 0.4) is 0 Å². The molecule has 94 valence electrons. The van der Waals surface area contributed by atoms with Gasteiger partial charge in [0.1, 0.15) is 0 Å². The third-order valence-electron chi connectivity index (χ3n) is 3.03. The molecule has 0 spiro atoms. The van der Waals surface area contributed by atoms with E-state index in [0.717, 1.165) is 13.0 Å². The second-order valence-electron chi connectivity index (χ2n) is 4.10. The number of esters is 1. The Bertz CT molecular complexity index is 347. The molecule has 4 nitrogen and oxygen atoms in total. The van der Waals surface area contributed by atoms with Gasteiger partial charge in [-0.1, -0.05) is 12.7 Å². The Kier molecular flexibility index (Phi) is 4.94. The molecule has 1 aliphatic heterocycles. The van der Waals surface area contributed by atoms with E-state index < -0.39 is 0 Å². The average molecular weight is 237 g/mol. The molecular weight excluding hydrogens is 218 g/mol. The highest BCUT2D eigenvalue weighted by molar-refractivity contribution is 5.87. The van der Waals surface area contributed by atoms with Crippen LogP contribution in [0.5, 0.6) is 0 Å². The number of hydrogen-bond acceptors (Lipinski definition) is 3. The molecule has 0 N–H and O–H groups in total. The quantitative estimate of drug-likeness (QED) is 0.542. The van der Waals surface area contributed by atoms with Crippen LogP contribution in [-0.2, 0) is 14.3 Å². The second kappa shape index (κ2) is 6.23. The number of rotatable bonds is 5. The van der Waals surface area contributed by atoms with Gasteiger partial charge in [0.15, 0.2) is 0 Å². The molecule has 0 radical (unpaired) electrons. The first-order valence-electron chi connectivity index (χ1n) is 5.83. The molecule has 0 bridgehead atoms. The van der Waals surface area contributed by atoms with Crippen LogP contribution < -0.4 is 0 Å². The predicted octanol–water partition coefficient (Wildman–Crippen LogP) is 1.88. The van der Waals surface area contributed by atoms with Crippen molar-refractivity contribution in [3.8, 4) is 0 Å². The highest BCUT2D eigenvalue weighted by Gasteiger charge is 2.29. The van der Waals surface area contributed by atoms with E-state index in [1.807, 2.05) is 0 Å². The zero-order valence-corrected chi connectivity index (χ0v) is 10.4. The standard InChI is InChI=1S/C13H19NO3/c1-4-10(3)13(16)17-9-7-11-6-8-14(5-2)12(11)15/h4-5,11H,2,6-9H2,1,3H3/b10-4-. The molecule has 0 aromatic carbocycles. The summed E-state index contributed by atoms with van der Waals surface area (Å²) in [5.74, 6) is -0.260. The number of carbonyl (C=O) groups excluding carboxylic acids is 2. The molecule has 0 saturated carbocycles. The van der Waals surface area contributed by atoms with Crippen LogP contribution in [0, 0.1) is 5.92 Å². The Morgan fingerprint density at radius 2 is 2.35 bits per heavy atom. The third-order valence-corrected chi connectivity index (χ3v) is 3.03. The Hall–Kier alpha value is -1.58. The number of carbonyl (C=O) groups is 2. The fourth-order valence-corrected chi connectivity index (χ4v) is 1.74. The Morgan fingerprint density at radius 1 is 1.65 bits per heavy atom. The van der Waals surface area contributed by atoms with E-state index >= 15 is 0 Å². The molecule has 1 unspecified atom stereocenters. The lowest BCUT2D eigenvalue weighted by Crippen LogP contribution is -2.22. The van der Waals surface area contributed by atoms with Crippen LogP contribution in [0.2, 0.25) is 0 Å². The maximum Gasteiger partial charge on any atom is 0.333 e. The fraction of sp³-hybridized carbons (Fsp3) is 0.538. The minimum atomic E-state index is -0.307. The van der Waals surface area contributed by atoms with Crippen LogP contribution in [-0.4, -0.2) is 29.9 Å². The van der Waals surface area contributed by atoms with Crippen molar-refractivity contribution < 1.29 is 14.3 Å². The number of amides is 1. The maximum atomic E-state index is 11.7. The van der Waals surface area contributed by atoms with Gasteiger partial charge in [0, 0.05) is 18.0 Å². The summed E-state index contributed by atoms with van der Waals surface area (Å²) in [7, 11) is 0. The molecule has 1 rings (SSSR count). The summed E-state index contributed by atoms with van der Waals surface area (Å²) < 4.78 is 5.07. The van der Waals surface area contributed by atoms with E-state index in [2.05, 4.69) is 6.58 Å². The fourth-order valence-electron chi connectivity index (χ4n) is 1.74. The van der Waals surface area contributed by atoms with Gasteiger partial charge in [-0.05, 0) is 32.9 Å². The van der Waals surface area contributed by atoms with Gasteiger partial charge in [-0.15, -0.1) is 0 Å². The van der Waals surface area contributed by atoms with Gasteiger partial charge in [-0.25, -0.2) is 4.79 Å². The molecule has 4 heteroatoms. The molecule has 1 atom stereocenters. The Balaban J connectivity index is 2.31. The SMILES string of the molecule is C=CN1CCC(CCOC(=O)/C(C)=C\C)C1=O. The Morgan fingerprint density at radius 3 is 2.88 bits per heavy atom. The summed E-state index contributed by atoms with van der Waals surface area (Å²) in [5, 5.41) is 0. The molecule has 1 heterocycles. The number of ether oxygens (including phenoxy) is 1. The highest BCUT2D eigenvalue weighted by Crippen LogP contribution is 2.21. The minimum absolute atomic E-state index is 0.0355. The van der Waals surface area contributed by atoms with Gasteiger partial charge in [0.05, 0.1) is 6.61 Å². The monoisotopic (exact) mass is 237 g/mol. The van der Waals surface area contributed by atoms with Crippen molar-refractivity contribution in [2.24, 2.45) is 5.92 Å². The lowest BCUT2D eigenvalue weighted by molar-refractivity contribution is -0.140. The van der Waals surface area contributed by atoms with Gasteiger partial charge >= 0.3 is 5.97 Å². The van der Waals surface area contributed by atoms with Crippen molar-refractivity contribution in [2.75, 3.05) is 13.2 Å². The second-order valence-corrected chi connectivity index (χ2v) is 4.10. The summed E-state index contributed by atoms with van der Waals surface area (Å²) in [6, 6.07) is 0. The lowest BCUT2D eigenvalue weighted by Gasteiger charge is -2.11. The normalized spacial score (nSPS) is 20.6. The molecule has 17 heavy (non-hydrogen) atoms. The van der Waals surface area contributed by atoms with Gasteiger partial charge < -0.3 is 9.64 Å². The van der Waals surface area contributed by atoms with E-state index in [9.17, 15) is 9.59 Å². The first kappa shape index (κ1) is 13.5. The minimum Gasteiger partial charge on any atom is -0.462 e. The van der Waals surface area contributed by atoms with Gasteiger partial charge in [-0.2, -0.15) is 0 Å². The zero-order chi connectivity index (χ0) is 12.8. The van der Waals surface area contributed by atoms with E-state index in [-0.39, 0.29) is 17.8 Å². The van der Waals surface area contributed by atoms with Crippen molar-refractivity contribution in [3.05, 3.63) is 24.4 Å². The van der Waals surface area contributed by atoms with Crippen LogP contribution in [0.1, 0.15) is 26.7 Å². The first-order chi connectivity index (χ1) is 8.10. The number of hydrogen-bond donors (Lipinski definition) is 0.